The average molecular weight is 337 g/mol. The second-order valence-electron chi connectivity index (χ2n) is 4.76. The number of anilines is 1. The van der Waals surface area contributed by atoms with E-state index in [0.717, 1.165) is 0 Å². The lowest BCUT2D eigenvalue weighted by atomic mass is 10.2. The third-order valence-electron chi connectivity index (χ3n) is 3.07. The van der Waals surface area contributed by atoms with Gasteiger partial charge in [0.2, 0.25) is 11.8 Å². The summed E-state index contributed by atoms with van der Waals surface area (Å²) >= 11 is 1.27. The number of amides is 2. The van der Waals surface area contributed by atoms with Crippen molar-refractivity contribution in [3.05, 3.63) is 24.3 Å². The summed E-state index contributed by atoms with van der Waals surface area (Å²) in [5.41, 5.74) is 0.660. The number of hydrogen-bond donors (Lipinski definition) is 2. The number of rotatable bonds is 7. The van der Waals surface area contributed by atoms with Gasteiger partial charge >= 0.3 is 0 Å². The Kier molecular flexibility index (Phi) is 6.42. The SMILES string of the molecule is COCCN=C1NC(=O)[C@H](CC(=O)Nc2ccc(OC)cc2)S1. The number of nitrogens with zero attached hydrogens (tertiary/aromatic N) is 1. The maximum Gasteiger partial charge on any atom is 0.240 e. The lowest BCUT2D eigenvalue weighted by Gasteiger charge is -2.08. The Bertz CT molecular complexity index is 589. The van der Waals surface area contributed by atoms with Crippen molar-refractivity contribution in [2.45, 2.75) is 11.7 Å². The van der Waals surface area contributed by atoms with Crippen LogP contribution >= 0.6 is 11.8 Å². The summed E-state index contributed by atoms with van der Waals surface area (Å²) in [5.74, 6) is 0.294. The van der Waals surface area contributed by atoms with Crippen molar-refractivity contribution in [2.75, 3.05) is 32.7 Å². The highest BCUT2D eigenvalue weighted by Crippen LogP contribution is 2.23. The number of aliphatic imine (C=N–C) groups is 1. The van der Waals surface area contributed by atoms with Crippen LogP contribution in [-0.4, -0.2) is 49.6 Å². The summed E-state index contributed by atoms with van der Waals surface area (Å²) in [7, 11) is 3.17. The van der Waals surface area contributed by atoms with Gasteiger partial charge in [-0.1, -0.05) is 11.8 Å². The van der Waals surface area contributed by atoms with Gasteiger partial charge < -0.3 is 20.1 Å². The molecule has 1 fully saturated rings. The maximum atomic E-state index is 12.0. The molecule has 1 heterocycles. The molecule has 1 aliphatic rings. The molecule has 0 aromatic heterocycles. The molecular weight excluding hydrogens is 318 g/mol. The van der Waals surface area contributed by atoms with Crippen molar-refractivity contribution in [1.82, 2.24) is 5.32 Å². The number of hydrogen-bond acceptors (Lipinski definition) is 6. The van der Waals surface area contributed by atoms with Crippen LogP contribution in [0, 0.1) is 0 Å². The predicted octanol–water partition coefficient (Wildman–Crippen LogP) is 1.26. The summed E-state index contributed by atoms with van der Waals surface area (Å²) in [6.07, 6.45) is 0.0891. The number of amidine groups is 1. The van der Waals surface area contributed by atoms with Gasteiger partial charge in [-0.15, -0.1) is 0 Å². The lowest BCUT2D eigenvalue weighted by molar-refractivity contribution is -0.122. The first-order valence-corrected chi connectivity index (χ1v) is 7.95. The van der Waals surface area contributed by atoms with Crippen molar-refractivity contribution in [1.29, 1.82) is 0 Å². The Morgan fingerprint density at radius 1 is 1.35 bits per heavy atom. The largest absolute Gasteiger partial charge is 0.497 e. The Morgan fingerprint density at radius 3 is 2.74 bits per heavy atom. The van der Waals surface area contributed by atoms with Crippen LogP contribution in [0.25, 0.3) is 0 Å². The minimum atomic E-state index is -0.463. The minimum Gasteiger partial charge on any atom is -0.497 e. The molecule has 7 nitrogen and oxygen atoms in total. The molecule has 1 atom stereocenters. The quantitative estimate of drug-likeness (QED) is 0.731. The maximum absolute atomic E-state index is 12.0. The molecule has 2 N–H and O–H groups in total. The smallest absolute Gasteiger partial charge is 0.240 e. The van der Waals surface area contributed by atoms with E-state index in [1.165, 1.54) is 11.8 Å². The highest BCUT2D eigenvalue weighted by atomic mass is 32.2. The van der Waals surface area contributed by atoms with Crippen molar-refractivity contribution < 1.29 is 19.1 Å². The molecular formula is C15H19N3O4S. The number of benzene rings is 1. The van der Waals surface area contributed by atoms with Gasteiger partial charge in [-0.05, 0) is 24.3 Å². The third-order valence-corrected chi connectivity index (χ3v) is 4.19. The summed E-state index contributed by atoms with van der Waals surface area (Å²) in [4.78, 5) is 28.1. The fourth-order valence-corrected chi connectivity index (χ4v) is 2.90. The molecule has 0 unspecified atom stereocenters. The van der Waals surface area contributed by atoms with Gasteiger partial charge in [0, 0.05) is 19.2 Å². The molecule has 0 spiro atoms. The second-order valence-corrected chi connectivity index (χ2v) is 5.95. The average Bonchev–Trinajstić information content (AvgIpc) is 2.88. The molecule has 1 aromatic carbocycles. The van der Waals surface area contributed by atoms with E-state index < -0.39 is 5.25 Å². The highest BCUT2D eigenvalue weighted by molar-refractivity contribution is 8.15. The van der Waals surface area contributed by atoms with E-state index in [-0.39, 0.29) is 18.2 Å². The summed E-state index contributed by atoms with van der Waals surface area (Å²) in [6.45, 7) is 0.965. The normalized spacial score (nSPS) is 18.8. The van der Waals surface area contributed by atoms with Crippen LogP contribution in [0.3, 0.4) is 0 Å². The van der Waals surface area contributed by atoms with E-state index in [1.54, 1.807) is 38.5 Å². The van der Waals surface area contributed by atoms with E-state index in [2.05, 4.69) is 15.6 Å². The standard InChI is InChI=1S/C15H19N3O4S/c1-21-8-7-16-15-18-14(20)12(23-15)9-13(19)17-10-3-5-11(22-2)6-4-10/h3-6,12H,7-9H2,1-2H3,(H,17,19)(H,16,18,20)/t12-/m0/s1. The molecule has 2 rings (SSSR count). The molecule has 1 aromatic rings. The van der Waals surface area contributed by atoms with Gasteiger partial charge in [0.05, 0.1) is 20.3 Å². The Balaban J connectivity index is 1.84. The molecule has 0 radical (unpaired) electrons. The lowest BCUT2D eigenvalue weighted by Crippen LogP contribution is -2.28. The number of nitrogens with one attached hydrogen (secondary N) is 2. The van der Waals surface area contributed by atoms with Crippen molar-refractivity contribution >= 4 is 34.4 Å². The topological polar surface area (TPSA) is 89.0 Å². The number of ether oxygens (including phenoxy) is 2. The van der Waals surface area contributed by atoms with Crippen LogP contribution in [0.15, 0.2) is 29.3 Å². The Labute approximate surface area is 138 Å². The van der Waals surface area contributed by atoms with Crippen LogP contribution < -0.4 is 15.4 Å². The van der Waals surface area contributed by atoms with Crippen LogP contribution in [0.2, 0.25) is 0 Å². The van der Waals surface area contributed by atoms with Gasteiger partial charge in [-0.25, -0.2) is 0 Å². The summed E-state index contributed by atoms with van der Waals surface area (Å²) in [5, 5.41) is 5.50. The van der Waals surface area contributed by atoms with Gasteiger partial charge in [0.1, 0.15) is 11.0 Å². The van der Waals surface area contributed by atoms with E-state index in [9.17, 15) is 9.59 Å². The number of carbonyl (C=O) groups is 2. The summed E-state index contributed by atoms with van der Waals surface area (Å²) < 4.78 is 9.96. The molecule has 1 saturated heterocycles. The van der Waals surface area contributed by atoms with E-state index >= 15 is 0 Å². The van der Waals surface area contributed by atoms with Crippen molar-refractivity contribution in [2.24, 2.45) is 4.99 Å². The first kappa shape index (κ1) is 17.3. The fraction of sp³-hybridized carbons (Fsp3) is 0.400. The van der Waals surface area contributed by atoms with Gasteiger partial charge in [0.25, 0.3) is 0 Å². The molecule has 23 heavy (non-hydrogen) atoms. The number of carbonyl (C=O) groups excluding carboxylic acids is 2. The Hall–Kier alpha value is -2.06. The second kappa shape index (κ2) is 8.54. The van der Waals surface area contributed by atoms with Crippen LogP contribution in [0.1, 0.15) is 6.42 Å². The highest BCUT2D eigenvalue weighted by Gasteiger charge is 2.31. The zero-order valence-corrected chi connectivity index (χ0v) is 13.8. The third kappa shape index (κ3) is 5.26. The van der Waals surface area contributed by atoms with E-state index in [0.29, 0.717) is 29.8 Å². The minimum absolute atomic E-state index is 0.0891. The van der Waals surface area contributed by atoms with Gasteiger partial charge in [0.15, 0.2) is 5.17 Å². The van der Waals surface area contributed by atoms with Crippen LogP contribution in [0.5, 0.6) is 5.75 Å². The first-order valence-electron chi connectivity index (χ1n) is 7.07. The monoisotopic (exact) mass is 337 g/mol. The molecule has 0 saturated carbocycles. The molecule has 8 heteroatoms. The molecule has 0 aliphatic carbocycles. The number of methoxy groups -OCH3 is 2. The van der Waals surface area contributed by atoms with E-state index in [4.69, 9.17) is 9.47 Å². The fourth-order valence-electron chi connectivity index (χ4n) is 1.91. The van der Waals surface area contributed by atoms with Gasteiger partial charge in [-0.2, -0.15) is 0 Å². The molecule has 124 valence electrons. The van der Waals surface area contributed by atoms with Crippen molar-refractivity contribution in [3.63, 3.8) is 0 Å². The predicted molar refractivity (Wildman–Crippen MR) is 89.9 cm³/mol. The number of thioether (sulfide) groups is 1. The molecule has 2 amide bonds. The van der Waals surface area contributed by atoms with Crippen LogP contribution in [0.4, 0.5) is 5.69 Å². The van der Waals surface area contributed by atoms with Crippen molar-refractivity contribution in [3.8, 4) is 5.75 Å². The zero-order chi connectivity index (χ0) is 16.7. The Morgan fingerprint density at radius 2 is 2.09 bits per heavy atom. The molecule has 1 aliphatic heterocycles. The van der Waals surface area contributed by atoms with E-state index in [1.807, 2.05) is 0 Å². The summed E-state index contributed by atoms with van der Waals surface area (Å²) in [6, 6.07) is 7.01. The first-order chi connectivity index (χ1) is 11.1. The zero-order valence-electron chi connectivity index (χ0n) is 13.0. The molecule has 0 bridgehead atoms. The van der Waals surface area contributed by atoms with Crippen LogP contribution in [-0.2, 0) is 14.3 Å². The van der Waals surface area contributed by atoms with Gasteiger partial charge in [-0.3, -0.25) is 14.6 Å².